The van der Waals surface area contributed by atoms with E-state index in [4.69, 9.17) is 4.74 Å². The molecule has 0 aliphatic heterocycles. The normalized spacial score (nSPS) is 14.2. The minimum absolute atomic E-state index is 0.0844. The number of likely N-dealkylation sites (N-methyl/N-ethyl adjacent to an activating group) is 1. The monoisotopic (exact) mass is 227 g/mol. The van der Waals surface area contributed by atoms with Gasteiger partial charge in [0.2, 0.25) is 0 Å². The molecule has 92 valence electrons. The van der Waals surface area contributed by atoms with Crippen LogP contribution in [0.3, 0.4) is 0 Å². The van der Waals surface area contributed by atoms with Crippen molar-refractivity contribution in [2.75, 3.05) is 19.8 Å². The van der Waals surface area contributed by atoms with Gasteiger partial charge in [-0.2, -0.15) is 13.2 Å². The smallest absolute Gasteiger partial charge is 0.380 e. The highest BCUT2D eigenvalue weighted by Crippen LogP contribution is 2.22. The Bertz CT molecular complexity index is 150. The van der Waals surface area contributed by atoms with Crippen LogP contribution in [0.4, 0.5) is 13.2 Å². The van der Waals surface area contributed by atoms with Crippen LogP contribution in [0.15, 0.2) is 0 Å². The Hall–Kier alpha value is -0.290. The summed E-state index contributed by atoms with van der Waals surface area (Å²) in [4.78, 5) is 0. The van der Waals surface area contributed by atoms with Gasteiger partial charge in [-0.15, -0.1) is 0 Å². The van der Waals surface area contributed by atoms with Crippen LogP contribution in [0.5, 0.6) is 0 Å². The van der Waals surface area contributed by atoms with E-state index in [0.29, 0.717) is 19.8 Å². The van der Waals surface area contributed by atoms with Crippen LogP contribution in [0.2, 0.25) is 0 Å². The fourth-order valence-electron chi connectivity index (χ4n) is 1.24. The number of hydrogen-bond acceptors (Lipinski definition) is 2. The molecule has 0 aliphatic carbocycles. The molecule has 0 spiro atoms. The predicted molar refractivity (Wildman–Crippen MR) is 53.9 cm³/mol. The largest absolute Gasteiger partial charge is 0.389 e. The first-order valence-corrected chi connectivity index (χ1v) is 5.37. The summed E-state index contributed by atoms with van der Waals surface area (Å²) < 4.78 is 41.2. The van der Waals surface area contributed by atoms with Crippen LogP contribution >= 0.6 is 0 Å². The lowest BCUT2D eigenvalue weighted by Gasteiger charge is -2.18. The zero-order chi connectivity index (χ0) is 11.7. The Morgan fingerprint density at radius 1 is 1.27 bits per heavy atom. The third-order valence-corrected chi connectivity index (χ3v) is 1.94. The first-order chi connectivity index (χ1) is 6.99. The molecular weight excluding hydrogens is 207 g/mol. The summed E-state index contributed by atoms with van der Waals surface area (Å²) >= 11 is 0. The number of hydrogen-bond donors (Lipinski definition) is 1. The molecule has 1 atom stereocenters. The topological polar surface area (TPSA) is 21.3 Å². The lowest BCUT2D eigenvalue weighted by molar-refractivity contribution is -0.137. The van der Waals surface area contributed by atoms with Crippen molar-refractivity contribution in [1.29, 1.82) is 0 Å². The van der Waals surface area contributed by atoms with Gasteiger partial charge in [-0.25, -0.2) is 0 Å². The van der Waals surface area contributed by atoms with Crippen molar-refractivity contribution in [2.24, 2.45) is 0 Å². The number of alkyl halides is 3. The van der Waals surface area contributed by atoms with Gasteiger partial charge in [-0.1, -0.05) is 13.8 Å². The summed E-state index contributed by atoms with van der Waals surface area (Å²) in [5.74, 6) is 0. The second-order valence-corrected chi connectivity index (χ2v) is 3.48. The zero-order valence-corrected chi connectivity index (χ0v) is 9.36. The van der Waals surface area contributed by atoms with Crippen molar-refractivity contribution in [3.63, 3.8) is 0 Å². The molecule has 2 nitrogen and oxygen atoms in total. The Kier molecular flexibility index (Phi) is 7.78. The van der Waals surface area contributed by atoms with E-state index in [9.17, 15) is 13.2 Å². The van der Waals surface area contributed by atoms with Crippen molar-refractivity contribution in [2.45, 2.75) is 45.3 Å². The average Bonchev–Trinajstić information content (AvgIpc) is 2.13. The van der Waals surface area contributed by atoms with Gasteiger partial charge in [-0.05, 0) is 19.4 Å². The molecule has 0 saturated heterocycles. The van der Waals surface area contributed by atoms with Gasteiger partial charge in [-0.3, -0.25) is 0 Å². The van der Waals surface area contributed by atoms with Crippen LogP contribution in [-0.2, 0) is 4.74 Å². The minimum atomic E-state index is -4.07. The van der Waals surface area contributed by atoms with Gasteiger partial charge in [0, 0.05) is 19.1 Å². The first kappa shape index (κ1) is 14.7. The molecule has 0 rings (SSSR count). The van der Waals surface area contributed by atoms with Crippen LogP contribution < -0.4 is 5.32 Å². The SMILES string of the molecule is CCCOCC(CCC(F)(F)F)NCC. The van der Waals surface area contributed by atoms with Gasteiger partial charge < -0.3 is 10.1 Å². The van der Waals surface area contributed by atoms with Gasteiger partial charge in [0.25, 0.3) is 0 Å². The van der Waals surface area contributed by atoms with E-state index in [2.05, 4.69) is 5.32 Å². The van der Waals surface area contributed by atoms with E-state index in [1.807, 2.05) is 13.8 Å². The maximum Gasteiger partial charge on any atom is 0.389 e. The van der Waals surface area contributed by atoms with Gasteiger partial charge in [0.05, 0.1) is 6.61 Å². The Labute approximate surface area is 89.2 Å². The average molecular weight is 227 g/mol. The fourth-order valence-corrected chi connectivity index (χ4v) is 1.24. The van der Waals surface area contributed by atoms with E-state index in [1.54, 1.807) is 0 Å². The molecule has 0 bridgehead atoms. The quantitative estimate of drug-likeness (QED) is 0.644. The minimum Gasteiger partial charge on any atom is -0.380 e. The van der Waals surface area contributed by atoms with Crippen LogP contribution in [-0.4, -0.2) is 32.0 Å². The molecule has 0 fully saturated rings. The van der Waals surface area contributed by atoms with Crippen LogP contribution in [0, 0.1) is 0 Å². The maximum atomic E-state index is 12.0. The molecule has 0 saturated carbocycles. The zero-order valence-electron chi connectivity index (χ0n) is 9.36. The second-order valence-electron chi connectivity index (χ2n) is 3.48. The molecule has 1 N–H and O–H groups in total. The Morgan fingerprint density at radius 3 is 2.40 bits per heavy atom. The summed E-state index contributed by atoms with van der Waals surface area (Å²) in [5.41, 5.74) is 0. The molecule has 1 unspecified atom stereocenters. The lowest BCUT2D eigenvalue weighted by atomic mass is 10.1. The Balaban J connectivity index is 3.72. The molecule has 5 heteroatoms. The molecule has 15 heavy (non-hydrogen) atoms. The van der Waals surface area contributed by atoms with E-state index < -0.39 is 12.6 Å². The van der Waals surface area contributed by atoms with E-state index in [0.717, 1.165) is 6.42 Å². The van der Waals surface area contributed by atoms with Crippen LogP contribution in [0.1, 0.15) is 33.1 Å². The predicted octanol–water partition coefficient (Wildman–Crippen LogP) is 2.73. The van der Waals surface area contributed by atoms with Crippen molar-refractivity contribution in [3.05, 3.63) is 0 Å². The number of halogens is 3. The summed E-state index contributed by atoms with van der Waals surface area (Å²) in [5, 5.41) is 2.99. The Morgan fingerprint density at radius 2 is 1.93 bits per heavy atom. The number of rotatable bonds is 8. The molecule has 0 heterocycles. The summed E-state index contributed by atoms with van der Waals surface area (Å²) in [6, 6.07) is -0.192. The summed E-state index contributed by atoms with van der Waals surface area (Å²) in [7, 11) is 0. The van der Waals surface area contributed by atoms with Gasteiger partial charge in [0.1, 0.15) is 0 Å². The van der Waals surface area contributed by atoms with Crippen molar-refractivity contribution >= 4 is 0 Å². The third kappa shape index (κ3) is 10.0. The fraction of sp³-hybridized carbons (Fsp3) is 1.00. The lowest BCUT2D eigenvalue weighted by Crippen LogP contribution is -2.34. The molecular formula is C10H20F3NO. The van der Waals surface area contributed by atoms with Crippen molar-refractivity contribution < 1.29 is 17.9 Å². The van der Waals surface area contributed by atoms with Crippen molar-refractivity contribution in [1.82, 2.24) is 5.32 Å². The number of nitrogens with one attached hydrogen (secondary N) is 1. The highest BCUT2D eigenvalue weighted by atomic mass is 19.4. The highest BCUT2D eigenvalue weighted by Gasteiger charge is 2.28. The van der Waals surface area contributed by atoms with Crippen molar-refractivity contribution in [3.8, 4) is 0 Å². The third-order valence-electron chi connectivity index (χ3n) is 1.94. The molecule has 0 aliphatic rings. The van der Waals surface area contributed by atoms with E-state index >= 15 is 0 Å². The molecule has 0 amide bonds. The number of ether oxygens (including phenoxy) is 1. The first-order valence-electron chi connectivity index (χ1n) is 5.37. The standard InChI is InChI=1S/C10H20F3NO/c1-3-7-15-8-9(14-4-2)5-6-10(11,12)13/h9,14H,3-8H2,1-2H3. The van der Waals surface area contributed by atoms with E-state index in [-0.39, 0.29) is 12.5 Å². The van der Waals surface area contributed by atoms with Gasteiger partial charge >= 0.3 is 6.18 Å². The summed E-state index contributed by atoms with van der Waals surface area (Å²) in [6.45, 7) is 5.47. The maximum absolute atomic E-state index is 12.0. The molecule has 0 radical (unpaired) electrons. The van der Waals surface area contributed by atoms with Gasteiger partial charge in [0.15, 0.2) is 0 Å². The molecule has 0 aromatic heterocycles. The molecule has 0 aromatic rings. The summed E-state index contributed by atoms with van der Waals surface area (Å²) in [6.07, 6.45) is -3.85. The molecule has 0 aromatic carbocycles. The van der Waals surface area contributed by atoms with Crippen LogP contribution in [0.25, 0.3) is 0 Å². The second kappa shape index (κ2) is 7.93. The highest BCUT2D eigenvalue weighted by molar-refractivity contribution is 4.67. The van der Waals surface area contributed by atoms with E-state index in [1.165, 1.54) is 0 Å².